The van der Waals surface area contributed by atoms with E-state index in [2.05, 4.69) is 34.3 Å². The number of nitrogens with zero attached hydrogens (tertiary/aromatic N) is 2. The zero-order chi connectivity index (χ0) is 26.7. The molecule has 2 aliphatic carbocycles. The first-order valence-corrected chi connectivity index (χ1v) is 13.2. The third-order valence-corrected chi connectivity index (χ3v) is 8.83. The second-order valence-electron chi connectivity index (χ2n) is 11.6. The number of piperidine rings is 1. The van der Waals surface area contributed by atoms with Gasteiger partial charge in [0.05, 0.1) is 13.2 Å². The van der Waals surface area contributed by atoms with Crippen LogP contribution in [0.2, 0.25) is 0 Å². The summed E-state index contributed by atoms with van der Waals surface area (Å²) in [5.74, 6) is -2.01. The third-order valence-electron chi connectivity index (χ3n) is 8.83. The van der Waals surface area contributed by atoms with Crippen LogP contribution in [0.25, 0.3) is 10.9 Å². The molecule has 1 aromatic heterocycles. The second-order valence-corrected chi connectivity index (χ2v) is 11.6. The van der Waals surface area contributed by atoms with Gasteiger partial charge in [-0.15, -0.1) is 0 Å². The Morgan fingerprint density at radius 2 is 1.95 bits per heavy atom. The Kier molecular flexibility index (Phi) is 5.76. The van der Waals surface area contributed by atoms with Gasteiger partial charge in [-0.2, -0.15) is 5.26 Å². The normalized spacial score (nSPS) is 23.0. The van der Waals surface area contributed by atoms with E-state index in [9.17, 15) is 18.8 Å². The van der Waals surface area contributed by atoms with Gasteiger partial charge in [0.1, 0.15) is 11.3 Å². The van der Waals surface area contributed by atoms with Crippen molar-refractivity contribution in [2.75, 3.05) is 13.7 Å². The van der Waals surface area contributed by atoms with Crippen LogP contribution in [0.4, 0.5) is 8.78 Å². The van der Waals surface area contributed by atoms with Gasteiger partial charge in [-0.25, -0.2) is 8.78 Å². The molecule has 6 nitrogen and oxygen atoms in total. The number of likely N-dealkylation sites (tertiary alicyclic amines) is 1. The Morgan fingerprint density at radius 1 is 1.21 bits per heavy atom. The maximum Gasteiger partial charge on any atom is 0.252 e. The highest BCUT2D eigenvalue weighted by atomic mass is 19.3. The number of aryl methyl sites for hydroxylation is 1. The zero-order valence-electron chi connectivity index (χ0n) is 21.7. The lowest BCUT2D eigenvalue weighted by molar-refractivity contribution is -0.186. The molecule has 2 heterocycles. The molecule has 6 rings (SSSR count). The Bertz CT molecular complexity index is 1430. The lowest BCUT2D eigenvalue weighted by Gasteiger charge is -2.54. The van der Waals surface area contributed by atoms with Gasteiger partial charge in [0, 0.05) is 53.7 Å². The van der Waals surface area contributed by atoms with Crippen molar-refractivity contribution in [3.8, 4) is 11.8 Å². The number of methoxy groups -OCH3 is 1. The summed E-state index contributed by atoms with van der Waals surface area (Å²) in [6.45, 7) is 3.38. The van der Waals surface area contributed by atoms with Crippen molar-refractivity contribution in [1.29, 1.82) is 5.26 Å². The first-order chi connectivity index (χ1) is 18.2. The van der Waals surface area contributed by atoms with Gasteiger partial charge in [0.25, 0.3) is 5.91 Å². The molecular formula is C30H32F2N4O2. The molecule has 3 aromatic rings. The van der Waals surface area contributed by atoms with Crippen molar-refractivity contribution in [2.45, 2.75) is 69.5 Å². The molecule has 3 aliphatic rings. The summed E-state index contributed by atoms with van der Waals surface area (Å²) in [5.41, 5.74) is 3.68. The molecule has 1 aliphatic heterocycles. The summed E-state index contributed by atoms with van der Waals surface area (Å²) in [6.07, 6.45) is 4.55. The molecule has 2 aromatic carbocycles. The predicted molar refractivity (Wildman–Crippen MR) is 140 cm³/mol. The molecule has 0 bridgehead atoms. The number of H-pyrrole nitrogens is 1. The van der Waals surface area contributed by atoms with Crippen LogP contribution >= 0.6 is 0 Å². The van der Waals surface area contributed by atoms with Gasteiger partial charge in [-0.3, -0.25) is 9.69 Å². The largest absolute Gasteiger partial charge is 0.496 e. The van der Waals surface area contributed by atoms with Crippen molar-refractivity contribution >= 4 is 16.8 Å². The molecular weight excluding hydrogens is 486 g/mol. The van der Waals surface area contributed by atoms with E-state index in [1.807, 2.05) is 24.4 Å². The Morgan fingerprint density at radius 3 is 2.58 bits per heavy atom. The minimum absolute atomic E-state index is 0.0586. The van der Waals surface area contributed by atoms with Crippen molar-refractivity contribution < 1.29 is 18.3 Å². The highest BCUT2D eigenvalue weighted by Crippen LogP contribution is 2.60. The quantitative estimate of drug-likeness (QED) is 0.418. The highest BCUT2D eigenvalue weighted by Gasteiger charge is 2.58. The van der Waals surface area contributed by atoms with Gasteiger partial charge in [0.15, 0.2) is 0 Å². The molecule has 0 radical (unpaired) electrons. The number of nitriles is 1. The Hall–Kier alpha value is -3.44. The van der Waals surface area contributed by atoms with E-state index < -0.39 is 11.5 Å². The van der Waals surface area contributed by atoms with E-state index in [1.54, 1.807) is 19.2 Å². The number of carbonyl (C=O) groups is 1. The third kappa shape index (κ3) is 4.33. The number of aromatic nitrogens is 1. The van der Waals surface area contributed by atoms with Crippen molar-refractivity contribution in [3.63, 3.8) is 0 Å². The fourth-order valence-corrected chi connectivity index (χ4v) is 6.58. The molecule has 1 amide bonds. The summed E-state index contributed by atoms with van der Waals surface area (Å²) in [4.78, 5) is 18.4. The minimum atomic E-state index is -2.58. The van der Waals surface area contributed by atoms with E-state index in [1.165, 1.54) is 0 Å². The van der Waals surface area contributed by atoms with E-state index in [0.29, 0.717) is 37.9 Å². The number of rotatable bonds is 6. The zero-order valence-corrected chi connectivity index (χ0v) is 21.7. The van der Waals surface area contributed by atoms with Gasteiger partial charge < -0.3 is 15.0 Å². The maximum atomic E-state index is 14.0. The Labute approximate surface area is 221 Å². The molecule has 198 valence electrons. The summed E-state index contributed by atoms with van der Waals surface area (Å²) in [7, 11) is 1.68. The van der Waals surface area contributed by atoms with Crippen molar-refractivity contribution in [1.82, 2.24) is 15.2 Å². The number of amides is 1. The van der Waals surface area contributed by atoms with Crippen LogP contribution in [0.1, 0.15) is 71.6 Å². The average molecular weight is 519 g/mol. The van der Waals surface area contributed by atoms with E-state index in [0.717, 1.165) is 39.8 Å². The number of hydrogen-bond donors (Lipinski definition) is 2. The molecule has 2 saturated carbocycles. The number of alkyl halides is 2. The van der Waals surface area contributed by atoms with Crippen LogP contribution in [-0.2, 0) is 6.54 Å². The average Bonchev–Trinajstić information content (AvgIpc) is 3.47. The number of aromatic amines is 1. The fraction of sp³-hybridized carbons (Fsp3) is 0.467. The lowest BCUT2D eigenvalue weighted by atomic mass is 9.59. The van der Waals surface area contributed by atoms with Crippen LogP contribution in [0.15, 0.2) is 42.6 Å². The van der Waals surface area contributed by atoms with Crippen molar-refractivity contribution in [2.24, 2.45) is 5.41 Å². The first-order valence-electron chi connectivity index (χ1n) is 13.2. The SMILES string of the molecule is COc1cc(C)c2[nH]ccc2c1CN1CCC2(C[C@@H]1c1ccc(C(=O)NC3(C#N)CC3)cc1)CC(F)(F)C2. The van der Waals surface area contributed by atoms with Gasteiger partial charge >= 0.3 is 0 Å². The standard InChI is InChI=1S/C30H32F2N4O2/c1-19-13-25(38-2)23(22-7-11-34-26(19)22)15-36-12-10-28(16-30(31,32)17-28)14-24(36)20-3-5-21(6-4-20)27(37)35-29(18-33)8-9-29/h3-7,11,13,24,34H,8-10,12,14-17H2,1-2H3,(H,35,37)/t24-/m1/s1. The van der Waals surface area contributed by atoms with Crippen LogP contribution in [0, 0.1) is 23.7 Å². The molecule has 1 atom stereocenters. The number of nitrogens with one attached hydrogen (secondary N) is 2. The second kappa shape index (κ2) is 8.81. The Balaban J connectivity index is 1.30. The van der Waals surface area contributed by atoms with Crippen LogP contribution < -0.4 is 10.1 Å². The van der Waals surface area contributed by atoms with E-state index in [4.69, 9.17) is 4.74 Å². The minimum Gasteiger partial charge on any atom is -0.496 e. The smallest absolute Gasteiger partial charge is 0.252 e. The van der Waals surface area contributed by atoms with Crippen LogP contribution in [-0.4, -0.2) is 40.9 Å². The molecule has 8 heteroatoms. The molecule has 38 heavy (non-hydrogen) atoms. The van der Waals surface area contributed by atoms with Crippen LogP contribution in [0.3, 0.4) is 0 Å². The van der Waals surface area contributed by atoms with Crippen molar-refractivity contribution in [3.05, 3.63) is 64.8 Å². The van der Waals surface area contributed by atoms with Crippen LogP contribution in [0.5, 0.6) is 5.75 Å². The maximum absolute atomic E-state index is 14.0. The monoisotopic (exact) mass is 518 g/mol. The summed E-state index contributed by atoms with van der Waals surface area (Å²) in [5, 5.41) is 13.2. The van der Waals surface area contributed by atoms with Gasteiger partial charge in [-0.1, -0.05) is 12.1 Å². The number of carbonyl (C=O) groups excluding carboxylic acids is 1. The topological polar surface area (TPSA) is 81.2 Å². The summed E-state index contributed by atoms with van der Waals surface area (Å²) >= 11 is 0. The number of ether oxygens (including phenoxy) is 1. The molecule has 3 fully saturated rings. The molecule has 1 saturated heterocycles. The first kappa shape index (κ1) is 24.9. The van der Waals surface area contributed by atoms with E-state index >= 15 is 0 Å². The fourth-order valence-electron chi connectivity index (χ4n) is 6.58. The van der Waals surface area contributed by atoms with E-state index in [-0.39, 0.29) is 30.2 Å². The molecule has 1 spiro atoms. The number of fused-ring (bicyclic) bond motifs is 1. The lowest BCUT2D eigenvalue weighted by Crippen LogP contribution is -2.53. The summed E-state index contributed by atoms with van der Waals surface area (Å²) < 4.78 is 33.8. The van der Waals surface area contributed by atoms with Gasteiger partial charge in [0.2, 0.25) is 5.92 Å². The highest BCUT2D eigenvalue weighted by molar-refractivity contribution is 5.95. The number of benzene rings is 2. The number of halogens is 2. The molecule has 0 unspecified atom stereocenters. The number of hydrogen-bond acceptors (Lipinski definition) is 4. The predicted octanol–water partition coefficient (Wildman–Crippen LogP) is 6.02. The molecule has 2 N–H and O–H groups in total. The van der Waals surface area contributed by atoms with Gasteiger partial charge in [-0.05, 0) is 80.0 Å². The summed E-state index contributed by atoms with van der Waals surface area (Å²) in [6, 6.07) is 13.7.